The predicted octanol–water partition coefficient (Wildman–Crippen LogP) is -0.305. The zero-order chi connectivity index (χ0) is 11.7. The summed E-state index contributed by atoms with van der Waals surface area (Å²) in [5, 5.41) is 0. The van der Waals surface area contributed by atoms with E-state index < -0.39 is 0 Å². The van der Waals surface area contributed by atoms with E-state index in [1.54, 1.807) is 0 Å². The van der Waals surface area contributed by atoms with E-state index in [0.29, 0.717) is 11.7 Å². The van der Waals surface area contributed by atoms with Crippen LogP contribution >= 0.6 is 11.7 Å². The van der Waals surface area contributed by atoms with Crippen molar-refractivity contribution in [1.82, 2.24) is 18.5 Å². The van der Waals surface area contributed by atoms with Gasteiger partial charge in [-0.05, 0) is 0 Å². The molecule has 0 saturated carbocycles. The number of amides is 1. The van der Waals surface area contributed by atoms with Gasteiger partial charge in [0.15, 0.2) is 5.69 Å². The summed E-state index contributed by atoms with van der Waals surface area (Å²) in [5.41, 5.74) is 0.458. The molecule has 1 aromatic rings. The highest BCUT2D eigenvalue weighted by Gasteiger charge is 2.32. The quantitative estimate of drug-likeness (QED) is 0.688. The number of aromatic nitrogens is 2. The second-order valence-electron chi connectivity index (χ2n) is 4.31. The lowest BCUT2D eigenvalue weighted by Gasteiger charge is -2.43. The summed E-state index contributed by atoms with van der Waals surface area (Å²) >= 11 is 1.07. The number of morpholine rings is 1. The van der Waals surface area contributed by atoms with Gasteiger partial charge in [0.05, 0.1) is 37.2 Å². The van der Waals surface area contributed by atoms with Crippen molar-refractivity contribution in [3.8, 4) is 0 Å². The molecule has 92 valence electrons. The van der Waals surface area contributed by atoms with E-state index in [9.17, 15) is 4.79 Å². The second kappa shape index (κ2) is 4.67. The van der Waals surface area contributed by atoms with E-state index in [4.69, 9.17) is 4.74 Å². The first kappa shape index (κ1) is 11.1. The third kappa shape index (κ3) is 2.18. The molecule has 0 spiro atoms. The molecule has 6 nitrogen and oxygen atoms in total. The lowest BCUT2D eigenvalue weighted by atomic mass is 10.1. The normalized spacial score (nSPS) is 25.6. The Morgan fingerprint density at radius 2 is 2.41 bits per heavy atom. The molecule has 1 atom stereocenters. The van der Waals surface area contributed by atoms with Crippen molar-refractivity contribution in [1.29, 1.82) is 0 Å². The summed E-state index contributed by atoms with van der Waals surface area (Å²) in [6, 6.07) is 0.341. The molecule has 0 bridgehead atoms. The Morgan fingerprint density at radius 3 is 3.24 bits per heavy atom. The Hall–Kier alpha value is -1.05. The highest BCUT2D eigenvalue weighted by atomic mass is 32.1. The topological polar surface area (TPSA) is 58.6 Å². The van der Waals surface area contributed by atoms with E-state index in [1.165, 1.54) is 6.20 Å². The average molecular weight is 254 g/mol. The third-order valence-electron chi connectivity index (χ3n) is 3.31. The van der Waals surface area contributed by atoms with Gasteiger partial charge in [0.25, 0.3) is 5.91 Å². The van der Waals surface area contributed by atoms with Crippen molar-refractivity contribution in [2.45, 2.75) is 6.04 Å². The van der Waals surface area contributed by atoms with Gasteiger partial charge in [-0.25, -0.2) is 0 Å². The average Bonchev–Trinajstić information content (AvgIpc) is 2.91. The van der Waals surface area contributed by atoms with Crippen LogP contribution in [0.3, 0.4) is 0 Å². The van der Waals surface area contributed by atoms with Crippen LogP contribution in [0, 0.1) is 0 Å². The third-order valence-corrected chi connectivity index (χ3v) is 3.78. The monoisotopic (exact) mass is 254 g/mol. The largest absolute Gasteiger partial charge is 0.378 e. The molecule has 0 aromatic carbocycles. The van der Waals surface area contributed by atoms with Crippen LogP contribution in [0.15, 0.2) is 6.20 Å². The minimum Gasteiger partial charge on any atom is -0.378 e. The van der Waals surface area contributed by atoms with Crippen LogP contribution in [0.2, 0.25) is 0 Å². The van der Waals surface area contributed by atoms with Crippen molar-refractivity contribution < 1.29 is 9.53 Å². The summed E-state index contributed by atoms with van der Waals surface area (Å²) in [6.45, 7) is 4.94. The lowest BCUT2D eigenvalue weighted by Crippen LogP contribution is -2.59. The number of piperazine rings is 1. The zero-order valence-electron chi connectivity index (χ0n) is 9.41. The molecule has 2 aliphatic rings. The molecular weight excluding hydrogens is 240 g/mol. The van der Waals surface area contributed by atoms with Gasteiger partial charge in [-0.3, -0.25) is 9.69 Å². The Balaban J connectivity index is 1.67. The summed E-state index contributed by atoms with van der Waals surface area (Å²) in [4.78, 5) is 16.4. The van der Waals surface area contributed by atoms with Crippen LogP contribution in [0.25, 0.3) is 0 Å². The molecule has 0 aliphatic carbocycles. The summed E-state index contributed by atoms with van der Waals surface area (Å²) in [7, 11) is 0. The Bertz CT molecular complexity index is 397. The molecule has 7 heteroatoms. The van der Waals surface area contributed by atoms with Gasteiger partial charge in [-0.15, -0.1) is 0 Å². The van der Waals surface area contributed by atoms with Crippen LogP contribution in [0.1, 0.15) is 10.5 Å². The van der Waals surface area contributed by atoms with Crippen molar-refractivity contribution in [2.24, 2.45) is 0 Å². The first-order chi connectivity index (χ1) is 8.34. The highest BCUT2D eigenvalue weighted by Crippen LogP contribution is 2.15. The number of carbonyl (C=O) groups is 1. The fraction of sp³-hybridized carbons (Fsp3) is 0.700. The maximum absolute atomic E-state index is 12.1. The van der Waals surface area contributed by atoms with Crippen molar-refractivity contribution in [3.05, 3.63) is 11.9 Å². The Labute approximate surface area is 103 Å². The SMILES string of the molecule is O=C(c1cnsn1)N1CCN2CCOC[C@@H]2C1. The minimum atomic E-state index is -0.0102. The molecule has 0 unspecified atom stereocenters. The first-order valence-electron chi connectivity index (χ1n) is 5.73. The maximum Gasteiger partial charge on any atom is 0.275 e. The summed E-state index contributed by atoms with van der Waals surface area (Å²) in [6.07, 6.45) is 1.54. The number of ether oxygens (including phenoxy) is 1. The van der Waals surface area contributed by atoms with Gasteiger partial charge in [-0.2, -0.15) is 8.75 Å². The fourth-order valence-corrected chi connectivity index (χ4v) is 2.76. The lowest BCUT2D eigenvalue weighted by molar-refractivity contribution is -0.0395. The van der Waals surface area contributed by atoms with E-state index in [1.807, 2.05) is 4.90 Å². The van der Waals surface area contributed by atoms with Gasteiger partial charge in [-0.1, -0.05) is 0 Å². The minimum absolute atomic E-state index is 0.0102. The van der Waals surface area contributed by atoms with E-state index in [0.717, 1.165) is 51.1 Å². The van der Waals surface area contributed by atoms with Gasteiger partial charge < -0.3 is 9.64 Å². The van der Waals surface area contributed by atoms with Crippen LogP contribution in [0.4, 0.5) is 0 Å². The number of fused-ring (bicyclic) bond motifs is 1. The van der Waals surface area contributed by atoms with Crippen LogP contribution in [-0.4, -0.2) is 69.9 Å². The van der Waals surface area contributed by atoms with Crippen molar-refractivity contribution >= 4 is 17.6 Å². The predicted molar refractivity (Wildman–Crippen MR) is 62.0 cm³/mol. The molecule has 3 heterocycles. The van der Waals surface area contributed by atoms with E-state index >= 15 is 0 Å². The number of nitrogens with zero attached hydrogens (tertiary/aromatic N) is 4. The molecule has 2 fully saturated rings. The van der Waals surface area contributed by atoms with Crippen LogP contribution in [-0.2, 0) is 4.74 Å². The summed E-state index contributed by atoms with van der Waals surface area (Å²) in [5.74, 6) is -0.0102. The van der Waals surface area contributed by atoms with Crippen LogP contribution < -0.4 is 0 Å². The fourth-order valence-electron chi connectivity index (χ4n) is 2.35. The van der Waals surface area contributed by atoms with Gasteiger partial charge >= 0.3 is 0 Å². The molecule has 17 heavy (non-hydrogen) atoms. The Morgan fingerprint density at radius 1 is 1.47 bits per heavy atom. The number of carbonyl (C=O) groups excluding carboxylic acids is 1. The van der Waals surface area contributed by atoms with Crippen molar-refractivity contribution in [3.63, 3.8) is 0 Å². The highest BCUT2D eigenvalue weighted by molar-refractivity contribution is 6.99. The van der Waals surface area contributed by atoms with Crippen LogP contribution in [0.5, 0.6) is 0 Å². The summed E-state index contributed by atoms with van der Waals surface area (Å²) < 4.78 is 13.3. The van der Waals surface area contributed by atoms with Gasteiger partial charge in [0.1, 0.15) is 0 Å². The van der Waals surface area contributed by atoms with Gasteiger partial charge in [0.2, 0.25) is 0 Å². The molecule has 2 aliphatic heterocycles. The number of rotatable bonds is 1. The zero-order valence-corrected chi connectivity index (χ0v) is 10.2. The van der Waals surface area contributed by atoms with E-state index in [2.05, 4.69) is 13.6 Å². The second-order valence-corrected chi connectivity index (χ2v) is 4.87. The number of hydrogen-bond donors (Lipinski definition) is 0. The maximum atomic E-state index is 12.1. The number of hydrogen-bond acceptors (Lipinski definition) is 6. The first-order valence-corrected chi connectivity index (χ1v) is 6.46. The molecule has 2 saturated heterocycles. The van der Waals surface area contributed by atoms with Gasteiger partial charge in [0, 0.05) is 26.2 Å². The molecule has 1 amide bonds. The standard InChI is InChI=1S/C10H14N4O2S/c15-10(9-5-11-17-12-9)14-2-1-13-3-4-16-7-8(13)6-14/h5,8H,1-4,6-7H2/t8-/m0/s1. The van der Waals surface area contributed by atoms with Crippen molar-refractivity contribution in [2.75, 3.05) is 39.4 Å². The molecule has 3 rings (SSSR count). The molecule has 1 aromatic heterocycles. The molecule has 0 radical (unpaired) electrons. The smallest absolute Gasteiger partial charge is 0.275 e. The Kier molecular flexibility index (Phi) is 3.04. The van der Waals surface area contributed by atoms with E-state index in [-0.39, 0.29) is 5.91 Å². The molecule has 0 N–H and O–H groups in total. The molecular formula is C10H14N4O2S.